The molecule has 2 N–H and O–H groups in total. The summed E-state index contributed by atoms with van der Waals surface area (Å²) in [4.78, 5) is 37.8. The minimum absolute atomic E-state index is 0.0324. The van der Waals surface area contributed by atoms with Gasteiger partial charge in [0.2, 0.25) is 11.7 Å². The number of thioether (sulfide) groups is 1. The second kappa shape index (κ2) is 10.3. The van der Waals surface area contributed by atoms with Gasteiger partial charge in [-0.3, -0.25) is 19.3 Å². The molecule has 0 radical (unpaired) electrons. The van der Waals surface area contributed by atoms with Crippen LogP contribution in [-0.4, -0.2) is 43.4 Å². The minimum Gasteiger partial charge on any atom is -0.338 e. The van der Waals surface area contributed by atoms with Crippen LogP contribution in [0.25, 0.3) is 22.4 Å². The molecule has 0 fully saturated rings. The first-order chi connectivity index (χ1) is 16.8. The third-order valence-corrected chi connectivity index (χ3v) is 6.52. The lowest BCUT2D eigenvalue weighted by atomic mass is 10.1. The van der Waals surface area contributed by atoms with Gasteiger partial charge in [-0.25, -0.2) is 9.36 Å². The zero-order chi connectivity index (χ0) is 25.1. The van der Waals surface area contributed by atoms with Crippen LogP contribution in [0.2, 0.25) is 0 Å². The molecular weight excluding hydrogens is 464 g/mol. The molecular formula is C25H28N6O3S. The predicted molar refractivity (Wildman–Crippen MR) is 137 cm³/mol. The van der Waals surface area contributed by atoms with Crippen molar-refractivity contribution in [3.05, 3.63) is 63.9 Å². The maximum Gasteiger partial charge on any atom is 0.321 e. The SMILES string of the molecule is Cc1ccc(C)c(-n2c(=O)c3ccccc3n3c(SCC(=O)NC(=O)NCCC(C)C)nnc23)c1. The van der Waals surface area contributed by atoms with Gasteiger partial charge in [-0.2, -0.15) is 0 Å². The molecule has 0 bridgehead atoms. The highest BCUT2D eigenvalue weighted by molar-refractivity contribution is 7.99. The van der Waals surface area contributed by atoms with Crippen LogP contribution >= 0.6 is 11.8 Å². The number of fused-ring (bicyclic) bond motifs is 3. The second-order valence-electron chi connectivity index (χ2n) is 8.84. The molecule has 4 aromatic rings. The molecule has 0 aliphatic heterocycles. The molecule has 0 aliphatic rings. The molecule has 10 heteroatoms. The van der Waals surface area contributed by atoms with Crippen LogP contribution in [0.3, 0.4) is 0 Å². The fourth-order valence-electron chi connectivity index (χ4n) is 3.76. The molecule has 2 heterocycles. The van der Waals surface area contributed by atoms with Crippen LogP contribution in [0.1, 0.15) is 31.4 Å². The molecule has 3 amide bonds. The topological polar surface area (TPSA) is 110 Å². The van der Waals surface area contributed by atoms with E-state index in [-0.39, 0.29) is 11.3 Å². The van der Waals surface area contributed by atoms with Gasteiger partial charge in [-0.1, -0.05) is 49.9 Å². The summed E-state index contributed by atoms with van der Waals surface area (Å²) in [5, 5.41) is 14.6. The van der Waals surface area contributed by atoms with Crippen molar-refractivity contribution in [2.75, 3.05) is 12.3 Å². The number of amides is 3. The fraction of sp³-hybridized carbons (Fsp3) is 0.320. The van der Waals surface area contributed by atoms with Gasteiger partial charge < -0.3 is 5.32 Å². The van der Waals surface area contributed by atoms with Crippen molar-refractivity contribution in [3.8, 4) is 5.69 Å². The Hall–Kier alpha value is -3.66. The molecule has 4 rings (SSSR count). The van der Waals surface area contributed by atoms with Gasteiger partial charge in [0.15, 0.2) is 5.16 Å². The Morgan fingerprint density at radius 2 is 1.86 bits per heavy atom. The van der Waals surface area contributed by atoms with Crippen LogP contribution in [0.5, 0.6) is 0 Å². The first kappa shape index (κ1) is 24.5. The monoisotopic (exact) mass is 492 g/mol. The largest absolute Gasteiger partial charge is 0.338 e. The van der Waals surface area contributed by atoms with Crippen LogP contribution in [0, 0.1) is 19.8 Å². The fourth-order valence-corrected chi connectivity index (χ4v) is 4.50. The molecule has 2 aromatic carbocycles. The molecule has 9 nitrogen and oxygen atoms in total. The smallest absolute Gasteiger partial charge is 0.321 e. The number of hydrogen-bond donors (Lipinski definition) is 2. The predicted octanol–water partition coefficient (Wildman–Crippen LogP) is 3.61. The maximum atomic E-state index is 13.5. The number of para-hydroxylation sites is 1. The lowest BCUT2D eigenvalue weighted by molar-refractivity contribution is -0.117. The molecule has 0 atom stereocenters. The van der Waals surface area contributed by atoms with Crippen molar-refractivity contribution >= 4 is 40.4 Å². The quantitative estimate of drug-likeness (QED) is 0.381. The number of aromatic nitrogens is 4. The lowest BCUT2D eigenvalue weighted by Gasteiger charge is -2.14. The Labute approximate surface area is 206 Å². The van der Waals surface area contributed by atoms with Crippen molar-refractivity contribution < 1.29 is 9.59 Å². The summed E-state index contributed by atoms with van der Waals surface area (Å²) in [6.07, 6.45) is 0.831. The van der Waals surface area contributed by atoms with Gasteiger partial charge in [0.05, 0.1) is 22.3 Å². The van der Waals surface area contributed by atoms with Crippen molar-refractivity contribution in [2.24, 2.45) is 5.92 Å². The zero-order valence-corrected chi connectivity index (χ0v) is 21.0. The van der Waals surface area contributed by atoms with E-state index < -0.39 is 11.9 Å². The maximum absolute atomic E-state index is 13.5. The first-order valence-corrected chi connectivity index (χ1v) is 12.4. The van der Waals surface area contributed by atoms with Gasteiger partial charge in [-0.05, 0) is 55.5 Å². The summed E-state index contributed by atoms with van der Waals surface area (Å²) < 4.78 is 3.34. The van der Waals surface area contributed by atoms with E-state index in [0.29, 0.717) is 34.3 Å². The van der Waals surface area contributed by atoms with Crippen LogP contribution in [0.15, 0.2) is 52.4 Å². The number of nitrogens with one attached hydrogen (secondary N) is 2. The number of carbonyl (C=O) groups is 2. The van der Waals surface area contributed by atoms with Crippen LogP contribution in [0.4, 0.5) is 4.79 Å². The Morgan fingerprint density at radius 3 is 2.63 bits per heavy atom. The summed E-state index contributed by atoms with van der Waals surface area (Å²) in [6.45, 7) is 8.53. The summed E-state index contributed by atoms with van der Waals surface area (Å²) in [7, 11) is 0. The average Bonchev–Trinajstić information content (AvgIpc) is 3.23. The zero-order valence-electron chi connectivity index (χ0n) is 20.2. The number of imide groups is 1. The van der Waals surface area contributed by atoms with Crippen LogP contribution < -0.4 is 16.2 Å². The van der Waals surface area contributed by atoms with E-state index >= 15 is 0 Å². The van der Waals surface area contributed by atoms with E-state index in [0.717, 1.165) is 35.0 Å². The van der Waals surface area contributed by atoms with Crippen molar-refractivity contribution in [1.29, 1.82) is 0 Å². The Bertz CT molecular complexity index is 1470. The standard InChI is InChI=1S/C25H28N6O3S/c1-15(2)11-12-26-23(34)27-21(32)14-35-25-29-28-24-30(20-13-16(3)9-10-17(20)4)22(33)18-7-5-6-8-19(18)31(24)25/h5-10,13,15H,11-12,14H2,1-4H3,(H2,26,27,32,34). The molecule has 0 spiro atoms. The van der Waals surface area contributed by atoms with Crippen molar-refractivity contribution in [3.63, 3.8) is 0 Å². The minimum atomic E-state index is -0.517. The average molecular weight is 493 g/mol. The molecule has 2 aromatic heterocycles. The molecule has 0 saturated carbocycles. The summed E-state index contributed by atoms with van der Waals surface area (Å²) in [5.74, 6) is 0.339. The second-order valence-corrected chi connectivity index (χ2v) is 9.78. The number of hydrogen-bond acceptors (Lipinski definition) is 6. The van der Waals surface area contributed by atoms with E-state index in [2.05, 4.69) is 34.7 Å². The number of benzene rings is 2. The van der Waals surface area contributed by atoms with Gasteiger partial charge in [0.1, 0.15) is 0 Å². The van der Waals surface area contributed by atoms with E-state index in [1.807, 2.05) is 50.2 Å². The van der Waals surface area contributed by atoms with E-state index in [4.69, 9.17) is 0 Å². The van der Waals surface area contributed by atoms with Gasteiger partial charge in [0, 0.05) is 6.54 Å². The van der Waals surface area contributed by atoms with Gasteiger partial charge >= 0.3 is 6.03 Å². The number of nitrogens with zero attached hydrogens (tertiary/aromatic N) is 4. The molecule has 0 unspecified atom stereocenters. The normalized spacial score (nSPS) is 11.3. The number of rotatable bonds is 7. The first-order valence-electron chi connectivity index (χ1n) is 11.4. The highest BCUT2D eigenvalue weighted by Crippen LogP contribution is 2.24. The molecule has 182 valence electrons. The highest BCUT2D eigenvalue weighted by Gasteiger charge is 2.20. The lowest BCUT2D eigenvalue weighted by Crippen LogP contribution is -2.40. The number of urea groups is 1. The number of carbonyl (C=O) groups excluding carboxylic acids is 2. The molecule has 0 aliphatic carbocycles. The third kappa shape index (κ3) is 5.22. The molecule has 0 saturated heterocycles. The molecule has 35 heavy (non-hydrogen) atoms. The van der Waals surface area contributed by atoms with Gasteiger partial charge in [-0.15, -0.1) is 10.2 Å². The summed E-state index contributed by atoms with van der Waals surface area (Å²) >= 11 is 1.15. The highest BCUT2D eigenvalue weighted by atomic mass is 32.2. The summed E-state index contributed by atoms with van der Waals surface area (Å²) in [5.41, 5.74) is 3.12. The van der Waals surface area contributed by atoms with Crippen molar-refractivity contribution in [1.82, 2.24) is 29.8 Å². The third-order valence-electron chi connectivity index (χ3n) is 5.59. The van der Waals surface area contributed by atoms with E-state index in [1.165, 1.54) is 0 Å². The van der Waals surface area contributed by atoms with Crippen LogP contribution in [-0.2, 0) is 4.79 Å². The van der Waals surface area contributed by atoms with E-state index in [1.54, 1.807) is 15.0 Å². The Morgan fingerprint density at radius 1 is 1.09 bits per heavy atom. The van der Waals surface area contributed by atoms with E-state index in [9.17, 15) is 14.4 Å². The summed E-state index contributed by atoms with van der Waals surface area (Å²) in [6, 6.07) is 12.6. The van der Waals surface area contributed by atoms with Gasteiger partial charge in [0.25, 0.3) is 5.56 Å². The van der Waals surface area contributed by atoms with Crippen molar-refractivity contribution in [2.45, 2.75) is 39.3 Å². The Balaban J connectivity index is 1.67. The Kier molecular flexibility index (Phi) is 7.20. The number of aryl methyl sites for hydroxylation is 2.